The molecule has 0 spiro atoms. The van der Waals surface area contributed by atoms with E-state index in [0.29, 0.717) is 18.4 Å². The molecule has 4 aliphatic rings. The Hall–Kier alpha value is -7.61. The average Bonchev–Trinajstić information content (AvgIpc) is 1.66. The molecule has 37 heteroatoms. The highest BCUT2D eigenvalue weighted by Gasteiger charge is 2.44. The van der Waals surface area contributed by atoms with E-state index in [0.717, 1.165) is 48.1 Å². The first kappa shape index (κ1) is 77.1. The molecule has 4 aliphatic heterocycles. The Morgan fingerprint density at radius 3 is 1.90 bits per heavy atom. The smallest absolute Gasteiger partial charge is 0.245 e. The second-order valence-corrected chi connectivity index (χ2v) is 28.8. The number of nitrogens with two attached hydrogens (primary N) is 3. The first-order chi connectivity index (χ1) is 44.5. The Bertz CT molecular complexity index is 2930. The highest BCUT2D eigenvalue weighted by Crippen LogP contribution is 2.27. The number of aliphatic hydroxyl groups is 1. The van der Waals surface area contributed by atoms with Crippen LogP contribution in [0, 0.1) is 11.8 Å². The molecule has 4 heterocycles. The molecule has 0 aliphatic carbocycles. The topological polar surface area (TPSA) is 522 Å². The molecule has 0 saturated carbocycles. The summed E-state index contributed by atoms with van der Waals surface area (Å²) in [5, 5.41) is 51.7. The van der Waals surface area contributed by atoms with E-state index in [1.165, 1.54) is 24.3 Å². The van der Waals surface area contributed by atoms with Crippen molar-refractivity contribution in [1.29, 1.82) is 0 Å². The fourth-order valence-corrected chi connectivity index (χ4v) is 14.8. The molecule has 0 aromatic heterocycles. The SMILES string of the molecule is CC(C)C[C@@H]1NC(=O)[C@H](CCCCN)NC(=O)[C@H](Cc2ccc(O)cc2)NC(=O)CNC(=O)[C@@H]2CSSC[C@H](NC1=O)C(=O)N[C@@H](CCC(N)=O)C(=O)N1C[C@H](O)C[C@H]1C(=O)N[C@H](C(N)=O)CSSC[C@H](NC(=O)[C@@H](NC(=O)CNC(=O)[C@@H]1CCC(=O)N1)C(C)C)C(=O)N2. The number of phenols is 1. The third kappa shape index (κ3) is 24.9. The van der Waals surface area contributed by atoms with Gasteiger partial charge in [-0.2, -0.15) is 0 Å². The number of hydrogen-bond acceptors (Lipinski definition) is 22. The van der Waals surface area contributed by atoms with Crippen LogP contribution in [0.2, 0.25) is 0 Å². The van der Waals surface area contributed by atoms with Crippen LogP contribution in [0.25, 0.3) is 0 Å². The van der Waals surface area contributed by atoms with E-state index in [2.05, 4.69) is 63.8 Å². The van der Waals surface area contributed by atoms with Crippen LogP contribution >= 0.6 is 43.2 Å². The van der Waals surface area contributed by atoms with Crippen molar-refractivity contribution in [2.24, 2.45) is 29.0 Å². The van der Waals surface area contributed by atoms with Gasteiger partial charge in [0.2, 0.25) is 88.6 Å². The molecule has 5 rings (SSSR count). The summed E-state index contributed by atoms with van der Waals surface area (Å²) in [6, 6.07) is -10.3. The summed E-state index contributed by atoms with van der Waals surface area (Å²) >= 11 is 0. The molecule has 15 amide bonds. The van der Waals surface area contributed by atoms with Crippen LogP contribution in [-0.2, 0) is 78.3 Å². The van der Waals surface area contributed by atoms with Gasteiger partial charge in [-0.1, -0.05) is 83.0 Å². The minimum Gasteiger partial charge on any atom is -0.508 e. The van der Waals surface area contributed by atoms with Gasteiger partial charge < -0.3 is 96.1 Å². The van der Waals surface area contributed by atoms with Crippen LogP contribution < -0.4 is 81.0 Å². The van der Waals surface area contributed by atoms with Crippen LogP contribution in [0.4, 0.5) is 0 Å². The Labute approximate surface area is 558 Å². The molecular weight excluding hydrogens is 1310 g/mol. The summed E-state index contributed by atoms with van der Waals surface area (Å²) in [7, 11) is 3.52. The molecule has 33 nitrogen and oxygen atoms in total. The maximum atomic E-state index is 14.8. The molecular formula is C57H86N16O17S4. The van der Waals surface area contributed by atoms with Gasteiger partial charge in [-0.3, -0.25) is 71.9 Å². The van der Waals surface area contributed by atoms with Gasteiger partial charge in [-0.25, -0.2) is 0 Å². The number of aromatic hydroxyl groups is 1. The largest absolute Gasteiger partial charge is 0.508 e. The number of unbranched alkanes of at least 4 members (excludes halogenated alkanes) is 1. The summed E-state index contributed by atoms with van der Waals surface area (Å²) in [5.74, 6) is -15.8. The third-order valence-corrected chi connectivity index (χ3v) is 20.0. The standard InChI is InChI=1S/C57H86N16O17S4/c1-27(2)17-35-51(84)70-39-25-94-92-24-38(49(82)62-20-44(78)64-36(18-29-8-10-30(74)11-9-29)52(85)65-32(50(83)67-35)7-5-6-16-58)69-54(87)40(71-56(89)46(28(3)4)72-45(79)21-61-48(81)33-13-15-43(77)63-33)26-93-91-23-37(47(60)80)68-55(88)41-19-31(75)22-73(41)57(90)34(66-53(39)86)12-14-42(59)76/h8-11,27-28,31-41,46,74-75H,5-7,12-26,58H2,1-4H3,(H2,59,76)(H2,60,80)(H,61,81)(H,62,82)(H,63,77)(H,64,78)(H,65,85)(H,66,86)(H,67,83)(H,68,88)(H,69,87)(H,70,84)(H,71,89)(H,72,79)/t31-,32+,33+,34+,35+,36+,37+,38+,39+,40+,41+,46+/m1/s1. The van der Waals surface area contributed by atoms with Crippen molar-refractivity contribution in [3.05, 3.63) is 29.8 Å². The van der Waals surface area contributed by atoms with Crippen molar-refractivity contribution >= 4 is 132 Å². The molecule has 1 aromatic rings. The number of amides is 15. The predicted octanol–water partition coefficient (Wildman–Crippen LogP) is -5.86. The van der Waals surface area contributed by atoms with Crippen LogP contribution in [0.5, 0.6) is 5.75 Å². The van der Waals surface area contributed by atoms with Crippen molar-refractivity contribution in [2.75, 3.05) is 49.2 Å². The predicted molar refractivity (Wildman–Crippen MR) is 347 cm³/mol. The molecule has 0 radical (unpaired) electrons. The van der Waals surface area contributed by atoms with Gasteiger partial charge in [-0.05, 0) is 74.6 Å². The van der Waals surface area contributed by atoms with Crippen LogP contribution in [0.15, 0.2) is 24.3 Å². The zero-order chi connectivity index (χ0) is 69.3. The Balaban J connectivity index is 1.60. The van der Waals surface area contributed by atoms with E-state index in [4.69, 9.17) is 17.2 Å². The number of phenolic OH excluding ortho intramolecular Hbond substituents is 1. The van der Waals surface area contributed by atoms with Crippen molar-refractivity contribution in [3.63, 3.8) is 0 Å². The molecule has 12 atom stereocenters. The number of rotatable bonds is 19. The minimum atomic E-state index is -1.66. The van der Waals surface area contributed by atoms with Gasteiger partial charge in [0.25, 0.3) is 0 Å². The third-order valence-electron chi connectivity index (χ3n) is 15.2. The molecule has 2 bridgehead atoms. The summed E-state index contributed by atoms with van der Waals surface area (Å²) in [6.45, 7) is 4.97. The van der Waals surface area contributed by atoms with Gasteiger partial charge in [-0.15, -0.1) is 0 Å². The highest BCUT2D eigenvalue weighted by atomic mass is 33.1. The molecule has 520 valence electrons. The zero-order valence-electron chi connectivity index (χ0n) is 52.5. The maximum Gasteiger partial charge on any atom is 0.245 e. The van der Waals surface area contributed by atoms with Crippen LogP contribution in [0.3, 0.4) is 0 Å². The van der Waals surface area contributed by atoms with Gasteiger partial charge in [0.1, 0.15) is 72.2 Å². The first-order valence-corrected chi connectivity index (χ1v) is 35.6. The minimum absolute atomic E-state index is 0.0162. The molecule has 94 heavy (non-hydrogen) atoms. The highest BCUT2D eigenvalue weighted by molar-refractivity contribution is 8.77. The normalized spacial score (nSPS) is 26.5. The molecule has 20 N–H and O–H groups in total. The number of nitrogens with zero attached hydrogens (tertiary/aromatic N) is 1. The fourth-order valence-electron chi connectivity index (χ4n) is 10.1. The van der Waals surface area contributed by atoms with E-state index in [1.807, 2.05) is 0 Å². The van der Waals surface area contributed by atoms with E-state index >= 15 is 0 Å². The van der Waals surface area contributed by atoms with Crippen LogP contribution in [0.1, 0.15) is 91.0 Å². The summed E-state index contributed by atoms with van der Waals surface area (Å²) in [4.78, 5) is 209. The van der Waals surface area contributed by atoms with E-state index in [9.17, 15) is 82.1 Å². The Morgan fingerprint density at radius 1 is 0.660 bits per heavy atom. The lowest BCUT2D eigenvalue weighted by Gasteiger charge is -2.31. The lowest BCUT2D eigenvalue weighted by Crippen LogP contribution is -2.61. The Morgan fingerprint density at radius 2 is 1.28 bits per heavy atom. The molecule has 1 aromatic carbocycles. The number of fused-ring (bicyclic) bond motifs is 6. The van der Waals surface area contributed by atoms with Crippen molar-refractivity contribution in [3.8, 4) is 5.75 Å². The number of nitrogens with one attached hydrogen (secondary N) is 12. The second kappa shape index (κ2) is 38.1. The fraction of sp³-hybridized carbons (Fsp3) is 0.632. The van der Waals surface area contributed by atoms with Gasteiger partial charge in [0.05, 0.1) is 19.2 Å². The number of hydrogen-bond donors (Lipinski definition) is 17. The van der Waals surface area contributed by atoms with Crippen molar-refractivity contribution < 1.29 is 82.1 Å². The zero-order valence-corrected chi connectivity index (χ0v) is 55.7. The van der Waals surface area contributed by atoms with E-state index in [-0.39, 0.29) is 74.1 Å². The number of aliphatic hydroxyl groups excluding tert-OH is 1. The van der Waals surface area contributed by atoms with Gasteiger partial charge >= 0.3 is 0 Å². The number of carbonyl (C=O) groups excluding carboxylic acids is 15. The molecule has 4 saturated heterocycles. The second-order valence-electron chi connectivity index (χ2n) is 23.7. The molecule has 0 unspecified atom stereocenters. The van der Waals surface area contributed by atoms with Crippen molar-refractivity contribution in [1.82, 2.24) is 68.7 Å². The monoisotopic (exact) mass is 1390 g/mol. The summed E-state index contributed by atoms with van der Waals surface area (Å²) in [5.41, 5.74) is 17.5. The average molecular weight is 1400 g/mol. The maximum absolute atomic E-state index is 14.8. The lowest BCUT2D eigenvalue weighted by molar-refractivity contribution is -0.142. The number of benzene rings is 1. The first-order valence-electron chi connectivity index (χ1n) is 30.6. The summed E-state index contributed by atoms with van der Waals surface area (Å²) < 4.78 is 0. The summed E-state index contributed by atoms with van der Waals surface area (Å²) in [6.07, 6.45) is -1.88. The van der Waals surface area contributed by atoms with Gasteiger partial charge in [0.15, 0.2) is 0 Å². The van der Waals surface area contributed by atoms with E-state index in [1.54, 1.807) is 27.7 Å². The number of carbonyl (C=O) groups is 15. The quantitative estimate of drug-likeness (QED) is 0.0453. The van der Waals surface area contributed by atoms with Crippen molar-refractivity contribution in [2.45, 2.75) is 164 Å². The Kier molecular flexibility index (Phi) is 31.2. The lowest BCUT2D eigenvalue weighted by atomic mass is 10.0. The van der Waals surface area contributed by atoms with E-state index < -0.39 is 205 Å². The van der Waals surface area contributed by atoms with Crippen LogP contribution in [-0.4, -0.2) is 225 Å². The van der Waals surface area contributed by atoms with Gasteiger partial charge in [0, 0.05) is 55.2 Å². The number of primary amides is 2. The molecule has 4 fully saturated rings.